The summed E-state index contributed by atoms with van der Waals surface area (Å²) in [7, 11) is 0. The van der Waals surface area contributed by atoms with Gasteiger partial charge in [0.1, 0.15) is 5.82 Å². The van der Waals surface area contributed by atoms with Gasteiger partial charge >= 0.3 is 0 Å². The number of hydrazone groups is 1. The van der Waals surface area contributed by atoms with Crippen LogP contribution in [0.25, 0.3) is 0 Å². The Bertz CT molecular complexity index is 926. The highest BCUT2D eigenvalue weighted by molar-refractivity contribution is 9.10. The average molecular weight is 446 g/mol. The lowest BCUT2D eigenvalue weighted by atomic mass is 9.79. The van der Waals surface area contributed by atoms with Crippen molar-refractivity contribution in [3.63, 3.8) is 0 Å². The largest absolute Gasteiger partial charge is 0.366 e. The molecular formula is C22H25BrFN3O. The van der Waals surface area contributed by atoms with Crippen molar-refractivity contribution in [2.24, 2.45) is 5.10 Å². The number of amides is 1. The van der Waals surface area contributed by atoms with Crippen molar-refractivity contribution in [3.8, 4) is 0 Å². The number of halogens is 2. The average Bonchev–Trinajstić information content (AvgIpc) is 2.62. The molecule has 0 aliphatic carbocycles. The Morgan fingerprint density at radius 3 is 2.82 bits per heavy atom. The van der Waals surface area contributed by atoms with Crippen molar-refractivity contribution in [2.45, 2.75) is 45.6 Å². The molecule has 0 saturated heterocycles. The maximum atomic E-state index is 14.7. The first-order valence-electron chi connectivity index (χ1n) is 9.43. The summed E-state index contributed by atoms with van der Waals surface area (Å²) in [4.78, 5) is 14.4. The predicted molar refractivity (Wildman–Crippen MR) is 116 cm³/mol. The Labute approximate surface area is 174 Å². The summed E-state index contributed by atoms with van der Waals surface area (Å²) in [5.74, 6) is -0.373. The maximum absolute atomic E-state index is 14.7. The minimum atomic E-state index is -0.345. The summed E-state index contributed by atoms with van der Waals surface area (Å²) in [6.45, 7) is 9.47. The minimum absolute atomic E-state index is 0.0128. The SMILES string of the molecule is CCN1c2cc(F)c(/C=N\NC(=O)c3cccc(Br)c3)cc2C(C)CC1(C)C. The molecule has 2 aromatic rings. The monoisotopic (exact) mass is 445 g/mol. The highest BCUT2D eigenvalue weighted by Crippen LogP contribution is 2.43. The van der Waals surface area contributed by atoms with Crippen molar-refractivity contribution in [3.05, 3.63) is 63.4 Å². The van der Waals surface area contributed by atoms with Crippen LogP contribution in [0.3, 0.4) is 0 Å². The van der Waals surface area contributed by atoms with E-state index in [2.05, 4.69) is 59.1 Å². The molecule has 2 aromatic carbocycles. The van der Waals surface area contributed by atoms with E-state index in [-0.39, 0.29) is 17.3 Å². The van der Waals surface area contributed by atoms with Gasteiger partial charge < -0.3 is 4.90 Å². The molecule has 0 aromatic heterocycles. The van der Waals surface area contributed by atoms with E-state index in [1.54, 1.807) is 24.3 Å². The number of carbonyl (C=O) groups is 1. The van der Waals surface area contributed by atoms with Crippen molar-refractivity contribution in [2.75, 3.05) is 11.4 Å². The molecule has 1 unspecified atom stereocenters. The molecule has 0 fully saturated rings. The van der Waals surface area contributed by atoms with Crippen LogP contribution in [0.1, 0.15) is 61.5 Å². The lowest BCUT2D eigenvalue weighted by molar-refractivity contribution is 0.0955. The topological polar surface area (TPSA) is 44.7 Å². The van der Waals surface area contributed by atoms with E-state index in [1.165, 1.54) is 6.21 Å². The Morgan fingerprint density at radius 2 is 2.14 bits per heavy atom. The molecule has 1 aliphatic rings. The molecule has 0 bridgehead atoms. The fourth-order valence-corrected chi connectivity index (χ4v) is 4.47. The van der Waals surface area contributed by atoms with Gasteiger partial charge in [-0.2, -0.15) is 5.10 Å². The first-order chi connectivity index (χ1) is 13.2. The van der Waals surface area contributed by atoms with Crippen molar-refractivity contribution < 1.29 is 9.18 Å². The molecule has 0 radical (unpaired) electrons. The summed E-state index contributed by atoms with van der Waals surface area (Å²) in [6.07, 6.45) is 2.37. The molecule has 1 amide bonds. The number of anilines is 1. The van der Waals surface area contributed by atoms with E-state index in [9.17, 15) is 9.18 Å². The van der Waals surface area contributed by atoms with Crippen LogP contribution < -0.4 is 10.3 Å². The Balaban J connectivity index is 1.83. The number of hydrogen-bond donors (Lipinski definition) is 1. The molecule has 1 N–H and O–H groups in total. The van der Waals surface area contributed by atoms with Gasteiger partial charge in [0, 0.05) is 33.4 Å². The zero-order chi connectivity index (χ0) is 20.5. The first kappa shape index (κ1) is 20.5. The fourth-order valence-electron chi connectivity index (χ4n) is 4.07. The lowest BCUT2D eigenvalue weighted by Gasteiger charge is -2.47. The van der Waals surface area contributed by atoms with Crippen LogP contribution in [0.2, 0.25) is 0 Å². The number of carbonyl (C=O) groups excluding carboxylic acids is 1. The highest BCUT2D eigenvalue weighted by atomic mass is 79.9. The smallest absolute Gasteiger partial charge is 0.271 e. The van der Waals surface area contributed by atoms with Crippen LogP contribution >= 0.6 is 15.9 Å². The van der Waals surface area contributed by atoms with Crippen LogP contribution in [0.5, 0.6) is 0 Å². The first-order valence-corrected chi connectivity index (χ1v) is 10.2. The molecule has 1 heterocycles. The number of hydrogen-bond acceptors (Lipinski definition) is 3. The van der Waals surface area contributed by atoms with Gasteiger partial charge in [0.15, 0.2) is 0 Å². The van der Waals surface area contributed by atoms with E-state index >= 15 is 0 Å². The van der Waals surface area contributed by atoms with Gasteiger partial charge in [-0.25, -0.2) is 9.82 Å². The molecule has 28 heavy (non-hydrogen) atoms. The quantitative estimate of drug-likeness (QED) is 0.501. The Kier molecular flexibility index (Phi) is 5.89. The highest BCUT2D eigenvalue weighted by Gasteiger charge is 2.36. The molecule has 3 rings (SSSR count). The van der Waals surface area contributed by atoms with Gasteiger partial charge in [0.25, 0.3) is 5.91 Å². The number of nitrogens with one attached hydrogen (secondary N) is 1. The summed E-state index contributed by atoms with van der Waals surface area (Å²) in [6, 6.07) is 10.4. The standard InChI is InChI=1S/C22H25BrFN3O/c1-5-27-20-11-19(24)16(10-18(20)14(2)12-22(27,3)4)13-25-26-21(28)15-7-6-8-17(23)9-15/h6-11,13-14H,5,12H2,1-4H3,(H,26,28)/b25-13-. The van der Waals surface area contributed by atoms with E-state index in [0.717, 1.165) is 28.7 Å². The second-order valence-electron chi connectivity index (χ2n) is 7.80. The molecule has 1 aliphatic heterocycles. The number of nitrogens with zero attached hydrogens (tertiary/aromatic N) is 2. The summed E-state index contributed by atoms with van der Waals surface area (Å²) >= 11 is 3.33. The van der Waals surface area contributed by atoms with Crippen LogP contribution in [0.15, 0.2) is 46.0 Å². The van der Waals surface area contributed by atoms with Gasteiger partial charge in [-0.3, -0.25) is 4.79 Å². The summed E-state index contributed by atoms with van der Waals surface area (Å²) in [5, 5.41) is 3.96. The van der Waals surface area contributed by atoms with Gasteiger partial charge in [0.05, 0.1) is 6.21 Å². The minimum Gasteiger partial charge on any atom is -0.366 e. The molecule has 1 atom stereocenters. The van der Waals surface area contributed by atoms with E-state index in [0.29, 0.717) is 17.0 Å². The predicted octanol–water partition coefficient (Wildman–Crippen LogP) is 5.46. The third-order valence-corrected chi connectivity index (χ3v) is 5.77. The lowest BCUT2D eigenvalue weighted by Crippen LogP contribution is -2.48. The number of rotatable bonds is 4. The third kappa shape index (κ3) is 4.12. The maximum Gasteiger partial charge on any atom is 0.271 e. The van der Waals surface area contributed by atoms with Crippen LogP contribution in [0.4, 0.5) is 10.1 Å². The fraction of sp³-hybridized carbons (Fsp3) is 0.364. The summed E-state index contributed by atoms with van der Waals surface area (Å²) in [5.41, 5.74) is 5.35. The van der Waals surface area contributed by atoms with Crippen LogP contribution in [0, 0.1) is 5.82 Å². The van der Waals surface area contributed by atoms with Crippen molar-refractivity contribution in [1.82, 2.24) is 5.43 Å². The van der Waals surface area contributed by atoms with Crippen LogP contribution in [-0.4, -0.2) is 24.2 Å². The van der Waals surface area contributed by atoms with Gasteiger partial charge in [-0.1, -0.05) is 28.9 Å². The molecule has 6 heteroatoms. The number of fused-ring (bicyclic) bond motifs is 1. The molecular weight excluding hydrogens is 421 g/mol. The Morgan fingerprint density at radius 1 is 1.39 bits per heavy atom. The van der Waals surface area contributed by atoms with Gasteiger partial charge in [-0.15, -0.1) is 0 Å². The molecule has 0 spiro atoms. The molecule has 4 nitrogen and oxygen atoms in total. The summed E-state index contributed by atoms with van der Waals surface area (Å²) < 4.78 is 15.5. The van der Waals surface area contributed by atoms with E-state index in [1.807, 2.05) is 12.1 Å². The second-order valence-corrected chi connectivity index (χ2v) is 8.72. The zero-order valence-corrected chi connectivity index (χ0v) is 18.2. The van der Waals surface area contributed by atoms with E-state index < -0.39 is 0 Å². The van der Waals surface area contributed by atoms with E-state index in [4.69, 9.17) is 0 Å². The van der Waals surface area contributed by atoms with Crippen molar-refractivity contribution >= 4 is 33.7 Å². The molecule has 0 saturated carbocycles. The Hall–Kier alpha value is -2.21. The van der Waals surface area contributed by atoms with Gasteiger partial charge in [0.2, 0.25) is 0 Å². The number of benzene rings is 2. The second kappa shape index (κ2) is 8.03. The zero-order valence-electron chi connectivity index (χ0n) is 16.6. The third-order valence-electron chi connectivity index (χ3n) is 5.28. The normalized spacial score (nSPS) is 18.2. The van der Waals surface area contributed by atoms with Crippen LogP contribution in [-0.2, 0) is 0 Å². The van der Waals surface area contributed by atoms with Crippen molar-refractivity contribution in [1.29, 1.82) is 0 Å². The molecule has 148 valence electrons. The van der Waals surface area contributed by atoms with Gasteiger partial charge in [-0.05, 0) is 69.0 Å².